The highest BCUT2D eigenvalue weighted by atomic mass is 16.4. The zero-order valence-corrected chi connectivity index (χ0v) is 11.9. The van der Waals surface area contributed by atoms with E-state index in [4.69, 9.17) is 5.11 Å². The largest absolute Gasteiger partial charge is 0.478 e. The van der Waals surface area contributed by atoms with Crippen LogP contribution in [0.5, 0.6) is 0 Å². The van der Waals surface area contributed by atoms with E-state index >= 15 is 0 Å². The summed E-state index contributed by atoms with van der Waals surface area (Å²) in [7, 11) is 0. The number of carbonyl (C=O) groups is 1. The van der Waals surface area contributed by atoms with Crippen LogP contribution in [0.3, 0.4) is 0 Å². The fourth-order valence-corrected chi connectivity index (χ4v) is 3.03. The van der Waals surface area contributed by atoms with E-state index in [1.54, 1.807) is 12.1 Å². The molecule has 1 unspecified atom stereocenters. The molecule has 2 aromatic carbocycles. The quantitative estimate of drug-likeness (QED) is 0.934. The molecule has 0 aliphatic carbocycles. The van der Waals surface area contributed by atoms with Crippen LogP contribution in [-0.4, -0.2) is 29.1 Å². The highest BCUT2D eigenvalue weighted by molar-refractivity contribution is 5.87. The molecule has 1 heterocycles. The molecule has 0 saturated carbocycles. The zero-order valence-electron chi connectivity index (χ0n) is 11.9. The lowest BCUT2D eigenvalue weighted by Gasteiger charge is -2.16. The highest BCUT2D eigenvalue weighted by Gasteiger charge is 2.23. The first-order chi connectivity index (χ1) is 10.2. The molecule has 3 nitrogen and oxygen atoms in total. The summed E-state index contributed by atoms with van der Waals surface area (Å²) in [6, 6.07) is 17.9. The van der Waals surface area contributed by atoms with Crippen LogP contribution in [0.1, 0.15) is 33.8 Å². The van der Waals surface area contributed by atoms with Gasteiger partial charge in [-0.3, -0.25) is 4.90 Å². The molecule has 2 aromatic rings. The molecule has 108 valence electrons. The zero-order chi connectivity index (χ0) is 14.7. The van der Waals surface area contributed by atoms with Crippen molar-refractivity contribution in [1.82, 2.24) is 4.90 Å². The highest BCUT2D eigenvalue weighted by Crippen LogP contribution is 2.27. The summed E-state index contributed by atoms with van der Waals surface area (Å²) in [5.41, 5.74) is 2.84. The topological polar surface area (TPSA) is 40.5 Å². The van der Waals surface area contributed by atoms with Crippen LogP contribution >= 0.6 is 0 Å². The van der Waals surface area contributed by atoms with Crippen molar-refractivity contribution in [2.24, 2.45) is 0 Å². The summed E-state index contributed by atoms with van der Waals surface area (Å²) in [6.45, 7) is 2.93. The second kappa shape index (κ2) is 6.10. The molecule has 3 rings (SSSR count). The van der Waals surface area contributed by atoms with Gasteiger partial charge in [-0.05, 0) is 42.1 Å². The summed E-state index contributed by atoms with van der Waals surface area (Å²) in [5, 5.41) is 9.05. The predicted octanol–water partition coefficient (Wildman–Crippen LogP) is 3.37. The molecular formula is C18H19NO2. The third-order valence-electron chi connectivity index (χ3n) is 4.12. The average molecular weight is 281 g/mol. The van der Waals surface area contributed by atoms with Gasteiger partial charge in [-0.25, -0.2) is 4.79 Å². The molecule has 0 radical (unpaired) electrons. The van der Waals surface area contributed by atoms with E-state index < -0.39 is 5.97 Å². The van der Waals surface area contributed by atoms with Gasteiger partial charge in [0.25, 0.3) is 0 Å². The smallest absolute Gasteiger partial charge is 0.335 e. The van der Waals surface area contributed by atoms with Crippen LogP contribution in [0.15, 0.2) is 54.6 Å². The van der Waals surface area contributed by atoms with Gasteiger partial charge < -0.3 is 5.11 Å². The van der Waals surface area contributed by atoms with Gasteiger partial charge >= 0.3 is 5.97 Å². The first kappa shape index (κ1) is 13.8. The van der Waals surface area contributed by atoms with Crippen LogP contribution in [0.25, 0.3) is 0 Å². The third-order valence-corrected chi connectivity index (χ3v) is 4.12. The number of carboxylic acids is 1. The Balaban J connectivity index is 1.65. The van der Waals surface area contributed by atoms with Gasteiger partial charge in [0.05, 0.1) is 5.56 Å². The van der Waals surface area contributed by atoms with E-state index in [2.05, 4.69) is 29.2 Å². The lowest BCUT2D eigenvalue weighted by Crippen LogP contribution is -2.20. The first-order valence-electron chi connectivity index (χ1n) is 7.32. The fraction of sp³-hybridized carbons (Fsp3) is 0.278. The van der Waals surface area contributed by atoms with Crippen molar-refractivity contribution < 1.29 is 9.90 Å². The van der Waals surface area contributed by atoms with Gasteiger partial charge in [0.15, 0.2) is 0 Å². The Morgan fingerprint density at radius 2 is 1.95 bits per heavy atom. The van der Waals surface area contributed by atoms with Crippen molar-refractivity contribution in [3.63, 3.8) is 0 Å². The first-order valence-corrected chi connectivity index (χ1v) is 7.32. The van der Waals surface area contributed by atoms with Gasteiger partial charge in [-0.2, -0.15) is 0 Å². The summed E-state index contributed by atoms with van der Waals surface area (Å²) in [5.74, 6) is -0.269. The molecular weight excluding hydrogens is 262 g/mol. The SMILES string of the molecule is O=C(O)c1cccc(CN2CCC(c3ccccc3)C2)c1. The maximum atomic E-state index is 11.0. The minimum atomic E-state index is -0.861. The fourth-order valence-electron chi connectivity index (χ4n) is 3.03. The van der Waals surface area contributed by atoms with Gasteiger partial charge in [0.2, 0.25) is 0 Å². The van der Waals surface area contributed by atoms with Crippen LogP contribution in [0.2, 0.25) is 0 Å². The van der Waals surface area contributed by atoms with Crippen molar-refractivity contribution in [3.8, 4) is 0 Å². The molecule has 1 aliphatic rings. The summed E-state index contributed by atoms with van der Waals surface area (Å²) < 4.78 is 0. The molecule has 0 spiro atoms. The molecule has 21 heavy (non-hydrogen) atoms. The Bertz CT molecular complexity index is 624. The van der Waals surface area contributed by atoms with Crippen LogP contribution in [-0.2, 0) is 6.54 Å². The molecule has 1 atom stereocenters. The van der Waals surface area contributed by atoms with Gasteiger partial charge in [-0.1, -0.05) is 42.5 Å². The van der Waals surface area contributed by atoms with E-state index in [0.717, 1.165) is 25.2 Å². The number of carboxylic acid groups (broad SMARTS) is 1. The number of likely N-dealkylation sites (tertiary alicyclic amines) is 1. The lowest BCUT2D eigenvalue weighted by molar-refractivity contribution is 0.0696. The van der Waals surface area contributed by atoms with E-state index in [0.29, 0.717) is 11.5 Å². The van der Waals surface area contributed by atoms with Crippen LogP contribution < -0.4 is 0 Å². The van der Waals surface area contributed by atoms with E-state index in [1.165, 1.54) is 12.0 Å². The van der Waals surface area contributed by atoms with Crippen LogP contribution in [0.4, 0.5) is 0 Å². The van der Waals surface area contributed by atoms with Crippen molar-refractivity contribution in [3.05, 3.63) is 71.3 Å². The Labute approximate surface area is 124 Å². The van der Waals surface area contributed by atoms with E-state index in [9.17, 15) is 4.79 Å². The monoisotopic (exact) mass is 281 g/mol. The molecule has 0 aromatic heterocycles. The molecule has 1 aliphatic heterocycles. The van der Waals surface area contributed by atoms with E-state index in [-0.39, 0.29) is 0 Å². The van der Waals surface area contributed by atoms with Crippen molar-refractivity contribution in [1.29, 1.82) is 0 Å². The minimum Gasteiger partial charge on any atom is -0.478 e. The molecule has 3 heteroatoms. The molecule has 1 N–H and O–H groups in total. The molecule has 1 fully saturated rings. The lowest BCUT2D eigenvalue weighted by atomic mass is 9.99. The van der Waals surface area contributed by atoms with Crippen LogP contribution in [0, 0.1) is 0 Å². The number of hydrogen-bond donors (Lipinski definition) is 1. The predicted molar refractivity (Wildman–Crippen MR) is 82.5 cm³/mol. The minimum absolute atomic E-state index is 0.367. The normalized spacial score (nSPS) is 18.8. The number of rotatable bonds is 4. The number of hydrogen-bond acceptors (Lipinski definition) is 2. The Morgan fingerprint density at radius 1 is 1.14 bits per heavy atom. The Kier molecular flexibility index (Phi) is 4.02. The van der Waals surface area contributed by atoms with E-state index in [1.807, 2.05) is 18.2 Å². The molecule has 1 saturated heterocycles. The maximum Gasteiger partial charge on any atom is 0.335 e. The van der Waals surface area contributed by atoms with Crippen molar-refractivity contribution >= 4 is 5.97 Å². The Morgan fingerprint density at radius 3 is 2.71 bits per heavy atom. The second-order valence-corrected chi connectivity index (χ2v) is 5.64. The number of nitrogens with zero attached hydrogens (tertiary/aromatic N) is 1. The average Bonchev–Trinajstić information content (AvgIpc) is 2.97. The number of aromatic carboxylic acids is 1. The number of benzene rings is 2. The van der Waals surface area contributed by atoms with Gasteiger partial charge in [0.1, 0.15) is 0 Å². The van der Waals surface area contributed by atoms with Crippen molar-refractivity contribution in [2.75, 3.05) is 13.1 Å². The van der Waals surface area contributed by atoms with Gasteiger partial charge in [-0.15, -0.1) is 0 Å². The van der Waals surface area contributed by atoms with Gasteiger partial charge in [0, 0.05) is 13.1 Å². The molecule has 0 bridgehead atoms. The summed E-state index contributed by atoms with van der Waals surface area (Å²) >= 11 is 0. The summed E-state index contributed by atoms with van der Waals surface area (Å²) in [4.78, 5) is 13.4. The summed E-state index contributed by atoms with van der Waals surface area (Å²) in [6.07, 6.45) is 1.17. The van der Waals surface area contributed by atoms with Crippen molar-refractivity contribution in [2.45, 2.75) is 18.9 Å². The standard InChI is InChI=1S/C18H19NO2/c20-18(21)16-8-4-5-14(11-16)12-19-10-9-17(13-19)15-6-2-1-3-7-15/h1-8,11,17H,9-10,12-13H2,(H,20,21). The Hall–Kier alpha value is -2.13. The maximum absolute atomic E-state index is 11.0. The molecule has 0 amide bonds. The third kappa shape index (κ3) is 3.31. The second-order valence-electron chi connectivity index (χ2n) is 5.64.